The van der Waals surface area contributed by atoms with Gasteiger partial charge in [-0.15, -0.1) is 0 Å². The number of rotatable bonds is 10. The minimum absolute atomic E-state index is 0.0114. The summed E-state index contributed by atoms with van der Waals surface area (Å²) in [5, 5.41) is 0. The third-order valence-corrected chi connectivity index (χ3v) is 7.02. The lowest BCUT2D eigenvalue weighted by Crippen LogP contribution is -2.40. The summed E-state index contributed by atoms with van der Waals surface area (Å²) in [6, 6.07) is 9.68. The lowest BCUT2D eigenvalue weighted by Gasteiger charge is -2.32. The average molecular weight is 477 g/mol. The number of hydrogen-bond acceptors (Lipinski definition) is 8. The zero-order valence-electron chi connectivity index (χ0n) is 19.7. The van der Waals surface area contributed by atoms with Crippen molar-refractivity contribution in [1.82, 2.24) is 0 Å². The van der Waals surface area contributed by atoms with Crippen molar-refractivity contribution in [3.8, 4) is 5.75 Å². The third kappa shape index (κ3) is 6.29. The van der Waals surface area contributed by atoms with Crippen molar-refractivity contribution in [2.45, 2.75) is 88.4 Å². The second kappa shape index (κ2) is 11.8. The van der Waals surface area contributed by atoms with Gasteiger partial charge in [0.05, 0.1) is 25.2 Å². The van der Waals surface area contributed by atoms with Gasteiger partial charge in [-0.05, 0) is 50.7 Å². The number of benzene rings is 1. The smallest absolute Gasteiger partial charge is 0.306 e. The van der Waals surface area contributed by atoms with Crippen LogP contribution >= 0.6 is 0 Å². The lowest BCUT2D eigenvalue weighted by molar-refractivity contribution is -0.226. The van der Waals surface area contributed by atoms with E-state index in [1.807, 2.05) is 30.3 Å². The molecule has 0 bridgehead atoms. The number of carbonyl (C=O) groups is 1. The van der Waals surface area contributed by atoms with E-state index in [9.17, 15) is 4.79 Å². The van der Waals surface area contributed by atoms with Crippen LogP contribution in [0, 0.1) is 5.92 Å². The molecule has 1 aliphatic carbocycles. The summed E-state index contributed by atoms with van der Waals surface area (Å²) in [5.41, 5.74) is 0. The topological polar surface area (TPSA) is 81.7 Å². The first-order valence-corrected chi connectivity index (χ1v) is 12.8. The van der Waals surface area contributed by atoms with Crippen LogP contribution in [0.5, 0.6) is 5.75 Å². The zero-order valence-corrected chi connectivity index (χ0v) is 19.7. The SMILES string of the molecule is O=C1C[C@H]2[C@H](OCC(COc3ccccc3)OC3CCCCO3)[C@@H](O[C@@H]3CCCCO3)C[C@H]2O1. The zero-order chi connectivity index (χ0) is 23.2. The minimum Gasteiger partial charge on any atom is -0.491 e. The highest BCUT2D eigenvalue weighted by Crippen LogP contribution is 2.41. The van der Waals surface area contributed by atoms with E-state index in [2.05, 4.69) is 0 Å². The molecule has 3 saturated heterocycles. The Kier molecular flexibility index (Phi) is 8.34. The summed E-state index contributed by atoms with van der Waals surface area (Å²) in [6.07, 6.45) is 5.68. The van der Waals surface area contributed by atoms with Crippen LogP contribution in [0.3, 0.4) is 0 Å². The van der Waals surface area contributed by atoms with Crippen molar-refractivity contribution in [3.05, 3.63) is 30.3 Å². The van der Waals surface area contributed by atoms with Gasteiger partial charge in [-0.25, -0.2) is 0 Å². The maximum Gasteiger partial charge on any atom is 0.306 e. The molecular weight excluding hydrogens is 440 g/mol. The molecule has 1 aromatic rings. The van der Waals surface area contributed by atoms with Crippen LogP contribution in [-0.2, 0) is 33.2 Å². The van der Waals surface area contributed by atoms with Gasteiger partial charge in [0.1, 0.15) is 24.6 Å². The highest BCUT2D eigenvalue weighted by Gasteiger charge is 2.52. The van der Waals surface area contributed by atoms with E-state index in [-0.39, 0.29) is 48.9 Å². The standard InChI is InChI=1S/C26H36O8/c27-23-14-20-21(33-23)15-22(34-25-11-5-7-13-29-25)26(20)31-17-19(32-24-10-4-6-12-28-24)16-30-18-8-2-1-3-9-18/h1-3,8-9,19-22,24-26H,4-7,10-17H2/t19?,20-,21-,22+,24?,25-,26+/m1/s1. The molecule has 2 unspecified atom stereocenters. The third-order valence-electron chi connectivity index (χ3n) is 7.02. The quantitative estimate of drug-likeness (QED) is 0.474. The fourth-order valence-electron chi connectivity index (χ4n) is 5.28. The molecule has 3 aliphatic heterocycles. The molecule has 1 aromatic carbocycles. The van der Waals surface area contributed by atoms with Gasteiger partial charge in [0.2, 0.25) is 0 Å². The highest BCUT2D eigenvalue weighted by molar-refractivity contribution is 5.72. The van der Waals surface area contributed by atoms with Crippen LogP contribution in [0.2, 0.25) is 0 Å². The summed E-state index contributed by atoms with van der Waals surface area (Å²) >= 11 is 0. The van der Waals surface area contributed by atoms with Gasteiger partial charge in [-0.3, -0.25) is 4.79 Å². The van der Waals surface area contributed by atoms with Crippen LogP contribution < -0.4 is 4.74 Å². The number of ether oxygens (including phenoxy) is 7. The van der Waals surface area contributed by atoms with Gasteiger partial charge in [0, 0.05) is 25.6 Å². The Labute approximate surface area is 201 Å². The minimum atomic E-state index is -0.313. The van der Waals surface area contributed by atoms with Crippen LogP contribution in [0.15, 0.2) is 30.3 Å². The molecular formula is C26H36O8. The van der Waals surface area contributed by atoms with Gasteiger partial charge in [-0.2, -0.15) is 0 Å². The maximum atomic E-state index is 12.0. The monoisotopic (exact) mass is 476 g/mol. The van der Waals surface area contributed by atoms with E-state index in [1.54, 1.807) is 0 Å². The molecule has 7 atom stereocenters. The lowest BCUT2D eigenvalue weighted by atomic mass is 10.0. The Hall–Kier alpha value is -1.71. The van der Waals surface area contributed by atoms with Crippen molar-refractivity contribution in [2.75, 3.05) is 26.4 Å². The van der Waals surface area contributed by atoms with Gasteiger partial charge < -0.3 is 33.2 Å². The molecule has 0 aromatic heterocycles. The predicted octanol–water partition coefficient (Wildman–Crippen LogP) is 3.61. The largest absolute Gasteiger partial charge is 0.491 e. The van der Waals surface area contributed by atoms with Crippen molar-refractivity contribution in [3.63, 3.8) is 0 Å². The summed E-state index contributed by atoms with van der Waals surface area (Å²) < 4.78 is 42.1. The molecule has 0 amide bonds. The van der Waals surface area contributed by atoms with Crippen molar-refractivity contribution >= 4 is 5.97 Å². The molecule has 1 saturated carbocycles. The Morgan fingerprint density at radius 2 is 1.71 bits per heavy atom. The first-order chi connectivity index (χ1) is 16.7. The van der Waals surface area contributed by atoms with E-state index in [4.69, 9.17) is 33.2 Å². The summed E-state index contributed by atoms with van der Waals surface area (Å²) in [7, 11) is 0. The Balaban J connectivity index is 1.22. The first kappa shape index (κ1) is 24.0. The van der Waals surface area contributed by atoms with E-state index >= 15 is 0 Å². The molecule has 4 aliphatic rings. The van der Waals surface area contributed by atoms with Crippen molar-refractivity contribution in [2.24, 2.45) is 5.92 Å². The summed E-state index contributed by atoms with van der Waals surface area (Å²) in [5.74, 6) is 0.613. The van der Waals surface area contributed by atoms with E-state index < -0.39 is 0 Å². The van der Waals surface area contributed by atoms with Gasteiger partial charge in [0.25, 0.3) is 0 Å². The van der Waals surface area contributed by atoms with Crippen LogP contribution in [0.25, 0.3) is 0 Å². The van der Waals surface area contributed by atoms with E-state index in [0.29, 0.717) is 32.7 Å². The predicted molar refractivity (Wildman–Crippen MR) is 121 cm³/mol. The van der Waals surface area contributed by atoms with Crippen molar-refractivity contribution < 1.29 is 38.0 Å². The van der Waals surface area contributed by atoms with Gasteiger partial charge >= 0.3 is 5.97 Å². The Morgan fingerprint density at radius 1 is 0.941 bits per heavy atom. The summed E-state index contributed by atoms with van der Waals surface area (Å²) in [4.78, 5) is 12.0. The fraction of sp³-hybridized carbons (Fsp3) is 0.731. The van der Waals surface area contributed by atoms with Crippen LogP contribution in [0.4, 0.5) is 0 Å². The number of hydrogen-bond donors (Lipinski definition) is 0. The van der Waals surface area contributed by atoms with Gasteiger partial charge in [0.15, 0.2) is 12.6 Å². The number of esters is 1. The molecule has 188 valence electrons. The Morgan fingerprint density at radius 3 is 2.44 bits per heavy atom. The second-order valence-corrected chi connectivity index (χ2v) is 9.58. The Bertz CT molecular complexity index is 761. The van der Waals surface area contributed by atoms with Gasteiger partial charge in [-0.1, -0.05) is 18.2 Å². The molecule has 8 heteroatoms. The molecule has 0 radical (unpaired) electrons. The molecule has 0 N–H and O–H groups in total. The molecule has 5 rings (SSSR count). The summed E-state index contributed by atoms with van der Waals surface area (Å²) in [6.45, 7) is 2.09. The molecule has 0 spiro atoms. The molecule has 3 heterocycles. The highest BCUT2D eigenvalue weighted by atomic mass is 16.7. The second-order valence-electron chi connectivity index (χ2n) is 9.58. The number of carbonyl (C=O) groups excluding carboxylic acids is 1. The first-order valence-electron chi connectivity index (χ1n) is 12.8. The van der Waals surface area contributed by atoms with E-state index in [0.717, 1.165) is 50.9 Å². The maximum absolute atomic E-state index is 12.0. The number of fused-ring (bicyclic) bond motifs is 1. The average Bonchev–Trinajstić information content (AvgIpc) is 3.38. The van der Waals surface area contributed by atoms with Crippen molar-refractivity contribution in [1.29, 1.82) is 0 Å². The normalized spacial score (nSPS) is 34.4. The molecule has 4 fully saturated rings. The molecule has 34 heavy (non-hydrogen) atoms. The van der Waals surface area contributed by atoms with E-state index in [1.165, 1.54) is 0 Å². The van der Waals surface area contributed by atoms with Crippen LogP contribution in [-0.4, -0.2) is 69.4 Å². The van der Waals surface area contributed by atoms with Crippen LogP contribution in [0.1, 0.15) is 51.4 Å². The molecule has 8 nitrogen and oxygen atoms in total. The number of para-hydroxylation sites is 1. The fourth-order valence-corrected chi connectivity index (χ4v) is 5.28.